The molecule has 3 fully saturated rings. The fraction of sp³-hybridized carbons (Fsp3) is 0.857. The number of carboxylic acids is 1. The number of piperidine rings is 1. The second kappa shape index (κ2) is 4.56. The quantitative estimate of drug-likeness (QED) is 0.833. The van der Waals surface area contributed by atoms with Gasteiger partial charge in [0.05, 0.1) is 6.42 Å². The van der Waals surface area contributed by atoms with Crippen molar-refractivity contribution in [3.63, 3.8) is 0 Å². The average molecular weight is 251 g/mol. The zero-order valence-electron chi connectivity index (χ0n) is 10.7. The molecule has 1 amide bonds. The van der Waals surface area contributed by atoms with Crippen molar-refractivity contribution in [2.75, 3.05) is 6.54 Å². The number of nitrogens with zero attached hydrogens (tertiary/aromatic N) is 1. The molecule has 3 atom stereocenters. The molecule has 0 radical (unpaired) electrons. The molecular formula is C14H21NO3. The van der Waals surface area contributed by atoms with Gasteiger partial charge in [-0.05, 0) is 50.4 Å². The van der Waals surface area contributed by atoms with E-state index >= 15 is 0 Å². The molecule has 1 saturated heterocycles. The number of carbonyl (C=O) groups excluding carboxylic acids is 1. The molecule has 0 aromatic heterocycles. The number of rotatable bonds is 3. The van der Waals surface area contributed by atoms with Gasteiger partial charge in [0, 0.05) is 18.5 Å². The number of likely N-dealkylation sites (tertiary alicyclic amines) is 1. The zero-order chi connectivity index (χ0) is 12.7. The van der Waals surface area contributed by atoms with Gasteiger partial charge in [0.15, 0.2) is 0 Å². The van der Waals surface area contributed by atoms with Crippen molar-refractivity contribution < 1.29 is 14.7 Å². The lowest BCUT2D eigenvalue weighted by atomic mass is 9.95. The highest BCUT2D eigenvalue weighted by Crippen LogP contribution is 2.54. The van der Waals surface area contributed by atoms with Crippen LogP contribution in [-0.2, 0) is 9.59 Å². The Morgan fingerprint density at radius 1 is 1.11 bits per heavy atom. The van der Waals surface area contributed by atoms with Crippen LogP contribution in [0.1, 0.15) is 44.9 Å². The van der Waals surface area contributed by atoms with Gasteiger partial charge >= 0.3 is 5.97 Å². The molecule has 0 aromatic carbocycles. The molecule has 3 rings (SSSR count). The van der Waals surface area contributed by atoms with E-state index in [2.05, 4.69) is 0 Å². The second-order valence-electron chi connectivity index (χ2n) is 6.20. The van der Waals surface area contributed by atoms with Crippen LogP contribution >= 0.6 is 0 Å². The van der Waals surface area contributed by atoms with Gasteiger partial charge in [0.1, 0.15) is 0 Å². The van der Waals surface area contributed by atoms with Crippen molar-refractivity contribution in [1.29, 1.82) is 0 Å². The maximum absolute atomic E-state index is 12.5. The summed E-state index contributed by atoms with van der Waals surface area (Å²) in [6.45, 7) is 0.766. The molecule has 18 heavy (non-hydrogen) atoms. The molecule has 3 aliphatic rings. The van der Waals surface area contributed by atoms with Gasteiger partial charge in [-0.1, -0.05) is 0 Å². The largest absolute Gasteiger partial charge is 0.481 e. The van der Waals surface area contributed by atoms with Crippen LogP contribution in [0.3, 0.4) is 0 Å². The first-order valence-corrected chi connectivity index (χ1v) is 7.17. The van der Waals surface area contributed by atoms with E-state index in [1.807, 2.05) is 4.90 Å². The summed E-state index contributed by atoms with van der Waals surface area (Å²) in [6, 6.07) is -0.0549. The van der Waals surface area contributed by atoms with Gasteiger partial charge in [0.2, 0.25) is 5.91 Å². The highest BCUT2D eigenvalue weighted by atomic mass is 16.4. The number of carbonyl (C=O) groups is 2. The van der Waals surface area contributed by atoms with Crippen molar-refractivity contribution in [2.45, 2.75) is 51.0 Å². The Hall–Kier alpha value is -1.06. The fourth-order valence-corrected chi connectivity index (χ4v) is 3.86. The number of hydrogen-bond donors (Lipinski definition) is 1. The molecule has 1 aliphatic heterocycles. The third-order valence-corrected chi connectivity index (χ3v) is 4.91. The van der Waals surface area contributed by atoms with E-state index < -0.39 is 5.97 Å². The van der Waals surface area contributed by atoms with Gasteiger partial charge in [-0.25, -0.2) is 0 Å². The molecule has 2 saturated carbocycles. The van der Waals surface area contributed by atoms with Crippen molar-refractivity contribution in [1.82, 2.24) is 4.90 Å². The summed E-state index contributed by atoms with van der Waals surface area (Å²) in [7, 11) is 0. The first-order chi connectivity index (χ1) is 8.65. The van der Waals surface area contributed by atoms with Crippen LogP contribution < -0.4 is 0 Å². The van der Waals surface area contributed by atoms with Crippen LogP contribution in [0.15, 0.2) is 0 Å². The Kier molecular flexibility index (Phi) is 3.04. The summed E-state index contributed by atoms with van der Waals surface area (Å²) in [6.07, 6.45) is 6.49. The molecular weight excluding hydrogens is 230 g/mol. The minimum absolute atomic E-state index is 0.0549. The molecule has 100 valence electrons. The molecule has 0 aromatic rings. The topological polar surface area (TPSA) is 57.6 Å². The predicted octanol–water partition coefficient (Wildman–Crippen LogP) is 1.89. The smallest absolute Gasteiger partial charge is 0.305 e. The van der Waals surface area contributed by atoms with Gasteiger partial charge in [0.25, 0.3) is 0 Å². The lowest BCUT2D eigenvalue weighted by molar-refractivity contribution is -0.144. The minimum Gasteiger partial charge on any atom is -0.481 e. The molecule has 0 spiro atoms. The fourth-order valence-electron chi connectivity index (χ4n) is 3.86. The van der Waals surface area contributed by atoms with Crippen LogP contribution in [0.5, 0.6) is 0 Å². The van der Waals surface area contributed by atoms with E-state index in [0.717, 1.165) is 50.5 Å². The number of carboxylic acid groups (broad SMARTS) is 1. The third-order valence-electron chi connectivity index (χ3n) is 4.91. The standard InChI is InChI=1S/C14H21NO3/c16-13(17)8-12-3-1-2-4-15(12)14(18)11-6-9-5-10(9)7-11/h9-12H,1-8H2,(H,16,17). The van der Waals surface area contributed by atoms with Crippen molar-refractivity contribution in [3.8, 4) is 0 Å². The lowest BCUT2D eigenvalue weighted by Gasteiger charge is -2.37. The Bertz CT molecular complexity index is 358. The predicted molar refractivity (Wildman–Crippen MR) is 65.9 cm³/mol. The van der Waals surface area contributed by atoms with Gasteiger partial charge < -0.3 is 10.0 Å². The van der Waals surface area contributed by atoms with E-state index in [1.165, 1.54) is 6.42 Å². The van der Waals surface area contributed by atoms with Gasteiger partial charge in [-0.15, -0.1) is 0 Å². The van der Waals surface area contributed by atoms with E-state index in [4.69, 9.17) is 5.11 Å². The molecule has 2 aliphatic carbocycles. The van der Waals surface area contributed by atoms with Crippen molar-refractivity contribution in [2.24, 2.45) is 17.8 Å². The normalized spacial score (nSPS) is 38.3. The first kappa shape index (κ1) is 12.0. The SMILES string of the molecule is O=C(O)CC1CCCCN1C(=O)C1CC2CC2C1. The van der Waals surface area contributed by atoms with Crippen molar-refractivity contribution in [3.05, 3.63) is 0 Å². The zero-order valence-corrected chi connectivity index (χ0v) is 10.7. The summed E-state index contributed by atoms with van der Waals surface area (Å²) >= 11 is 0. The average Bonchev–Trinajstić information content (AvgIpc) is 2.95. The summed E-state index contributed by atoms with van der Waals surface area (Å²) < 4.78 is 0. The second-order valence-corrected chi connectivity index (χ2v) is 6.20. The highest BCUT2D eigenvalue weighted by molar-refractivity contribution is 5.80. The molecule has 4 heteroatoms. The highest BCUT2D eigenvalue weighted by Gasteiger charge is 2.49. The minimum atomic E-state index is -0.783. The van der Waals surface area contributed by atoms with E-state index in [9.17, 15) is 9.59 Å². The van der Waals surface area contributed by atoms with E-state index in [-0.39, 0.29) is 24.3 Å². The van der Waals surface area contributed by atoms with Crippen LogP contribution in [0.4, 0.5) is 0 Å². The Balaban J connectivity index is 1.63. The first-order valence-electron chi connectivity index (χ1n) is 7.17. The molecule has 3 unspecified atom stereocenters. The van der Waals surface area contributed by atoms with E-state index in [1.54, 1.807) is 0 Å². The van der Waals surface area contributed by atoms with Crippen molar-refractivity contribution >= 4 is 11.9 Å². The lowest BCUT2D eigenvalue weighted by Crippen LogP contribution is -2.47. The van der Waals surface area contributed by atoms with Crippen LogP contribution in [0.2, 0.25) is 0 Å². The molecule has 0 bridgehead atoms. The van der Waals surface area contributed by atoms with Gasteiger partial charge in [-0.2, -0.15) is 0 Å². The summed E-state index contributed by atoms with van der Waals surface area (Å²) in [5, 5.41) is 8.94. The molecule has 4 nitrogen and oxygen atoms in total. The van der Waals surface area contributed by atoms with Crippen LogP contribution in [-0.4, -0.2) is 34.5 Å². The number of hydrogen-bond acceptors (Lipinski definition) is 2. The number of fused-ring (bicyclic) bond motifs is 1. The Morgan fingerprint density at radius 3 is 2.50 bits per heavy atom. The Labute approximate surface area is 107 Å². The van der Waals surface area contributed by atoms with Crippen LogP contribution in [0, 0.1) is 17.8 Å². The maximum atomic E-state index is 12.5. The molecule has 1 heterocycles. The monoisotopic (exact) mass is 251 g/mol. The number of aliphatic carboxylic acids is 1. The maximum Gasteiger partial charge on any atom is 0.305 e. The summed E-state index contributed by atoms with van der Waals surface area (Å²) in [5.74, 6) is 1.27. The van der Waals surface area contributed by atoms with Gasteiger partial charge in [-0.3, -0.25) is 9.59 Å². The summed E-state index contributed by atoms with van der Waals surface area (Å²) in [4.78, 5) is 25.3. The Morgan fingerprint density at radius 2 is 1.83 bits per heavy atom. The molecule has 1 N–H and O–H groups in total. The van der Waals surface area contributed by atoms with E-state index in [0.29, 0.717) is 0 Å². The van der Waals surface area contributed by atoms with Crippen LogP contribution in [0.25, 0.3) is 0 Å². The number of amides is 1. The summed E-state index contributed by atoms with van der Waals surface area (Å²) in [5.41, 5.74) is 0. The third kappa shape index (κ3) is 2.25.